The van der Waals surface area contributed by atoms with E-state index in [0.29, 0.717) is 6.01 Å². The van der Waals surface area contributed by atoms with Gasteiger partial charge in [-0.1, -0.05) is 54.6 Å². The summed E-state index contributed by atoms with van der Waals surface area (Å²) in [7, 11) is 0. The molecule has 4 heteroatoms. The number of aromatic nitrogens is 2. The van der Waals surface area contributed by atoms with Gasteiger partial charge in [0.25, 0.3) is 0 Å². The maximum Gasteiger partial charge on any atom is 0.307 e. The van der Waals surface area contributed by atoms with Crippen molar-refractivity contribution in [1.82, 2.24) is 9.55 Å². The van der Waals surface area contributed by atoms with E-state index in [9.17, 15) is 0 Å². The van der Waals surface area contributed by atoms with Crippen LogP contribution in [0.25, 0.3) is 59.1 Å². The molecule has 7 rings (SSSR count). The van der Waals surface area contributed by atoms with E-state index in [1.165, 1.54) is 30.9 Å². The molecule has 4 aromatic carbocycles. The molecule has 0 aliphatic rings. The fourth-order valence-electron chi connectivity index (χ4n) is 4.42. The van der Waals surface area contributed by atoms with Crippen LogP contribution in [0.1, 0.15) is 0 Å². The number of hydrogen-bond acceptors (Lipinski definition) is 3. The van der Waals surface area contributed by atoms with Gasteiger partial charge in [0.1, 0.15) is 5.52 Å². The van der Waals surface area contributed by atoms with Crippen LogP contribution in [0.2, 0.25) is 0 Å². The second-order valence-electron chi connectivity index (χ2n) is 7.25. The van der Waals surface area contributed by atoms with Gasteiger partial charge in [0.2, 0.25) is 0 Å². The van der Waals surface area contributed by atoms with Crippen molar-refractivity contribution in [3.8, 4) is 6.01 Å². The molecule has 0 aliphatic carbocycles. The monoisotopic (exact) mass is 390 g/mol. The van der Waals surface area contributed by atoms with Gasteiger partial charge in [0.05, 0.1) is 11.0 Å². The molecule has 0 bridgehead atoms. The van der Waals surface area contributed by atoms with E-state index in [-0.39, 0.29) is 0 Å². The Labute approximate surface area is 169 Å². The first kappa shape index (κ1) is 15.3. The highest BCUT2D eigenvalue weighted by Gasteiger charge is 2.20. The molecule has 29 heavy (non-hydrogen) atoms. The predicted molar refractivity (Wildman–Crippen MR) is 121 cm³/mol. The summed E-state index contributed by atoms with van der Waals surface area (Å²) in [5.74, 6) is 0. The zero-order valence-electron chi connectivity index (χ0n) is 15.3. The van der Waals surface area contributed by atoms with Crippen molar-refractivity contribution in [3.05, 3.63) is 84.9 Å². The van der Waals surface area contributed by atoms with Crippen LogP contribution in [0.5, 0.6) is 0 Å². The van der Waals surface area contributed by atoms with E-state index in [1.54, 1.807) is 0 Å². The molecule has 3 aromatic heterocycles. The maximum atomic E-state index is 6.22. The molecule has 3 heterocycles. The third kappa shape index (κ3) is 1.99. The van der Waals surface area contributed by atoms with Crippen molar-refractivity contribution in [2.24, 2.45) is 0 Å². The van der Waals surface area contributed by atoms with Gasteiger partial charge in [0.15, 0.2) is 5.58 Å². The van der Waals surface area contributed by atoms with Gasteiger partial charge in [-0.2, -0.15) is 4.98 Å². The molecule has 0 N–H and O–H groups in total. The standard InChI is InChI=1S/C25H14N2OS/c1-4-10-19-15(7-1)16-13-14-22-23(17-8-2-6-12-21(17)29-22)24(16)27(19)25-26-18-9-3-5-11-20(18)28-25/h1-14H. The molecule has 0 unspecified atom stereocenters. The van der Waals surface area contributed by atoms with Crippen LogP contribution in [0, 0.1) is 0 Å². The van der Waals surface area contributed by atoms with Gasteiger partial charge in [-0.15, -0.1) is 11.3 Å². The predicted octanol–water partition coefficient (Wildman–Crippen LogP) is 7.29. The normalized spacial score (nSPS) is 12.1. The van der Waals surface area contributed by atoms with Gasteiger partial charge in [-0.05, 0) is 30.3 Å². The molecule has 3 nitrogen and oxygen atoms in total. The highest BCUT2D eigenvalue weighted by molar-refractivity contribution is 7.26. The quantitative estimate of drug-likeness (QED) is 0.295. The number of rotatable bonds is 1. The fourth-order valence-corrected chi connectivity index (χ4v) is 5.53. The number of para-hydroxylation sites is 3. The van der Waals surface area contributed by atoms with Crippen molar-refractivity contribution in [3.63, 3.8) is 0 Å². The molecule has 0 aliphatic heterocycles. The maximum absolute atomic E-state index is 6.22. The van der Waals surface area contributed by atoms with Crippen LogP contribution in [0.4, 0.5) is 0 Å². The van der Waals surface area contributed by atoms with Crippen LogP contribution >= 0.6 is 11.3 Å². The minimum Gasteiger partial charge on any atom is -0.423 e. The number of hydrogen-bond donors (Lipinski definition) is 0. The summed E-state index contributed by atoms with van der Waals surface area (Å²) in [6, 6.07) is 30.1. The first-order valence-electron chi connectivity index (χ1n) is 9.58. The topological polar surface area (TPSA) is 31.0 Å². The van der Waals surface area contributed by atoms with Gasteiger partial charge in [-0.25, -0.2) is 0 Å². The van der Waals surface area contributed by atoms with E-state index in [4.69, 9.17) is 9.40 Å². The van der Waals surface area contributed by atoms with Crippen LogP contribution in [0.15, 0.2) is 89.3 Å². The molecule has 0 radical (unpaired) electrons. The summed E-state index contributed by atoms with van der Waals surface area (Å²) in [6.45, 7) is 0. The Kier molecular flexibility index (Phi) is 2.88. The third-order valence-corrected chi connectivity index (χ3v) is 6.78. The molecule has 7 aromatic rings. The first-order chi connectivity index (χ1) is 14.4. The summed E-state index contributed by atoms with van der Waals surface area (Å²) in [5, 5.41) is 4.97. The zero-order valence-corrected chi connectivity index (χ0v) is 16.1. The molecule has 0 spiro atoms. The minimum absolute atomic E-state index is 0.611. The number of fused-ring (bicyclic) bond motifs is 8. The Hall–Kier alpha value is -3.63. The summed E-state index contributed by atoms with van der Waals surface area (Å²) < 4.78 is 11.0. The van der Waals surface area contributed by atoms with E-state index in [1.807, 2.05) is 35.6 Å². The zero-order chi connectivity index (χ0) is 18.9. The minimum atomic E-state index is 0.611. The average Bonchev–Trinajstić information content (AvgIpc) is 3.44. The lowest BCUT2D eigenvalue weighted by Crippen LogP contribution is -1.94. The van der Waals surface area contributed by atoms with Gasteiger partial charge >= 0.3 is 6.01 Å². The Balaban J connectivity index is 1.76. The van der Waals surface area contributed by atoms with E-state index in [2.05, 4.69) is 65.2 Å². The van der Waals surface area contributed by atoms with Crippen LogP contribution in [-0.2, 0) is 0 Å². The summed E-state index contributed by atoms with van der Waals surface area (Å²) in [6.07, 6.45) is 0. The van der Waals surface area contributed by atoms with Gasteiger partial charge in [0, 0.05) is 30.9 Å². The first-order valence-corrected chi connectivity index (χ1v) is 10.4. The fraction of sp³-hybridized carbons (Fsp3) is 0. The number of oxazole rings is 1. The molecular weight excluding hydrogens is 376 g/mol. The highest BCUT2D eigenvalue weighted by atomic mass is 32.1. The number of thiophene rings is 1. The van der Waals surface area contributed by atoms with Crippen molar-refractivity contribution >= 4 is 64.4 Å². The molecule has 0 fully saturated rings. The lowest BCUT2D eigenvalue weighted by molar-refractivity contribution is 0.574. The molecule has 136 valence electrons. The van der Waals surface area contributed by atoms with Crippen LogP contribution < -0.4 is 0 Å². The third-order valence-electron chi connectivity index (χ3n) is 5.65. The largest absolute Gasteiger partial charge is 0.423 e. The average molecular weight is 390 g/mol. The van der Waals surface area contributed by atoms with Crippen molar-refractivity contribution in [2.45, 2.75) is 0 Å². The van der Waals surface area contributed by atoms with Crippen molar-refractivity contribution in [1.29, 1.82) is 0 Å². The molecule has 0 saturated carbocycles. The van der Waals surface area contributed by atoms with Crippen molar-refractivity contribution in [2.75, 3.05) is 0 Å². The Morgan fingerprint density at radius 1 is 0.690 bits per heavy atom. The Morgan fingerprint density at radius 2 is 1.48 bits per heavy atom. The molecule has 0 amide bonds. The molecule has 0 atom stereocenters. The van der Waals surface area contributed by atoms with Gasteiger partial charge in [-0.3, -0.25) is 4.57 Å². The highest BCUT2D eigenvalue weighted by Crippen LogP contribution is 2.42. The lowest BCUT2D eigenvalue weighted by Gasteiger charge is -2.03. The summed E-state index contributed by atoms with van der Waals surface area (Å²) in [4.78, 5) is 4.83. The summed E-state index contributed by atoms with van der Waals surface area (Å²) in [5.41, 5.74) is 3.94. The second-order valence-corrected chi connectivity index (χ2v) is 8.33. The lowest BCUT2D eigenvalue weighted by atomic mass is 10.1. The van der Waals surface area contributed by atoms with Crippen LogP contribution in [-0.4, -0.2) is 9.55 Å². The van der Waals surface area contributed by atoms with Gasteiger partial charge < -0.3 is 4.42 Å². The number of benzene rings is 4. The van der Waals surface area contributed by atoms with Crippen LogP contribution in [0.3, 0.4) is 0 Å². The molecular formula is C25H14N2OS. The van der Waals surface area contributed by atoms with Crippen molar-refractivity contribution < 1.29 is 4.42 Å². The van der Waals surface area contributed by atoms with E-state index < -0.39 is 0 Å². The Morgan fingerprint density at radius 3 is 2.41 bits per heavy atom. The SMILES string of the molecule is c1ccc2oc(-n3c4ccccc4c4ccc5sc6ccccc6c5c43)nc2c1. The number of nitrogens with zero attached hydrogens (tertiary/aromatic N) is 2. The van der Waals surface area contributed by atoms with E-state index >= 15 is 0 Å². The second kappa shape index (κ2) is 5.46. The molecule has 0 saturated heterocycles. The smallest absolute Gasteiger partial charge is 0.307 e. The Bertz CT molecular complexity index is 1680. The van der Waals surface area contributed by atoms with E-state index in [0.717, 1.165) is 22.1 Å². The summed E-state index contributed by atoms with van der Waals surface area (Å²) >= 11 is 1.83.